The lowest BCUT2D eigenvalue weighted by Gasteiger charge is -2.24. The molecule has 1 unspecified atom stereocenters. The summed E-state index contributed by atoms with van der Waals surface area (Å²) in [4.78, 5) is 17.7. The van der Waals surface area contributed by atoms with Crippen LogP contribution in [-0.2, 0) is 4.74 Å². The number of hydrogen-bond donors (Lipinski definition) is 1. The number of amides is 1. The Morgan fingerprint density at radius 2 is 2.24 bits per heavy atom. The van der Waals surface area contributed by atoms with Crippen LogP contribution >= 0.6 is 0 Å². The lowest BCUT2D eigenvalue weighted by Crippen LogP contribution is -2.35. The smallest absolute Gasteiger partial charge is 0.410 e. The highest BCUT2D eigenvalue weighted by atomic mass is 16.6. The lowest BCUT2D eigenvalue weighted by atomic mass is 10.2. The zero-order valence-corrected chi connectivity index (χ0v) is 10.7. The molecule has 2 N–H and O–H groups in total. The van der Waals surface area contributed by atoms with Gasteiger partial charge in [0.15, 0.2) is 0 Å². The maximum atomic E-state index is 11.8. The molecule has 1 fully saturated rings. The zero-order valence-electron chi connectivity index (χ0n) is 10.7. The summed E-state index contributed by atoms with van der Waals surface area (Å²) in [7, 11) is 0. The van der Waals surface area contributed by atoms with Gasteiger partial charge in [0, 0.05) is 19.3 Å². The lowest BCUT2D eigenvalue weighted by molar-refractivity contribution is 0.0293. The third-order valence-electron chi connectivity index (χ3n) is 2.31. The van der Waals surface area contributed by atoms with E-state index >= 15 is 0 Å². The molecule has 0 aromatic carbocycles. The Morgan fingerprint density at radius 3 is 2.82 bits per heavy atom. The fourth-order valence-corrected chi connectivity index (χ4v) is 1.58. The molecule has 5 nitrogen and oxygen atoms in total. The first-order valence-corrected chi connectivity index (χ1v) is 5.80. The number of carbonyl (C=O) groups is 1. The molecule has 5 heteroatoms. The molecule has 1 aliphatic rings. The molecule has 1 rings (SSSR count). The number of aliphatic imine (C=N–C) groups is 1. The van der Waals surface area contributed by atoms with Gasteiger partial charge in [0.25, 0.3) is 0 Å². The Labute approximate surface area is 102 Å². The Bertz CT molecular complexity index is 318. The number of carbonyl (C=O) groups excluding carboxylic acids is 1. The summed E-state index contributed by atoms with van der Waals surface area (Å²) in [5.74, 6) is 0. The number of likely N-dealkylation sites (tertiary alicyclic amines) is 1. The fraction of sp³-hybridized carbons (Fsp3) is 0.667. The molecule has 0 bridgehead atoms. The van der Waals surface area contributed by atoms with Crippen molar-refractivity contribution in [1.82, 2.24) is 4.90 Å². The minimum atomic E-state index is -0.444. The summed E-state index contributed by atoms with van der Waals surface area (Å²) in [5.41, 5.74) is 4.76. The summed E-state index contributed by atoms with van der Waals surface area (Å²) < 4.78 is 5.30. The molecule has 0 saturated carbocycles. The molecule has 1 saturated heterocycles. The normalized spacial score (nSPS) is 21.6. The highest BCUT2D eigenvalue weighted by molar-refractivity contribution is 5.71. The zero-order chi connectivity index (χ0) is 12.9. The minimum absolute atomic E-state index is 0.152. The van der Waals surface area contributed by atoms with Crippen molar-refractivity contribution in [3.8, 4) is 0 Å². The number of ether oxygens (including phenoxy) is 1. The molecular weight excluding hydrogens is 218 g/mol. The van der Waals surface area contributed by atoms with Gasteiger partial charge in [-0.15, -0.1) is 0 Å². The van der Waals surface area contributed by atoms with E-state index in [0.29, 0.717) is 13.1 Å². The van der Waals surface area contributed by atoms with Crippen molar-refractivity contribution < 1.29 is 9.53 Å². The van der Waals surface area contributed by atoms with Gasteiger partial charge >= 0.3 is 6.09 Å². The van der Waals surface area contributed by atoms with Crippen LogP contribution in [-0.4, -0.2) is 41.9 Å². The Balaban J connectivity index is 2.42. The summed E-state index contributed by atoms with van der Waals surface area (Å²) >= 11 is 0. The third kappa shape index (κ3) is 4.89. The molecule has 0 aromatic rings. The van der Waals surface area contributed by atoms with E-state index in [0.717, 1.165) is 6.42 Å². The highest BCUT2D eigenvalue weighted by Crippen LogP contribution is 2.16. The van der Waals surface area contributed by atoms with Crippen molar-refractivity contribution in [2.24, 2.45) is 10.7 Å². The summed E-state index contributed by atoms with van der Waals surface area (Å²) in [6.07, 6.45) is 5.39. The average molecular weight is 239 g/mol. The molecular formula is C12H21N3O2. The van der Waals surface area contributed by atoms with Crippen molar-refractivity contribution in [2.75, 3.05) is 13.1 Å². The first-order chi connectivity index (χ1) is 7.92. The van der Waals surface area contributed by atoms with Crippen molar-refractivity contribution in [3.05, 3.63) is 12.3 Å². The van der Waals surface area contributed by atoms with Crippen molar-refractivity contribution >= 4 is 12.3 Å². The molecule has 1 heterocycles. The Morgan fingerprint density at radius 1 is 1.53 bits per heavy atom. The minimum Gasteiger partial charge on any atom is -0.444 e. The number of hydrogen-bond acceptors (Lipinski definition) is 4. The van der Waals surface area contributed by atoms with E-state index < -0.39 is 5.60 Å². The predicted octanol–water partition coefficient (Wildman–Crippen LogP) is 1.54. The topological polar surface area (TPSA) is 67.9 Å². The van der Waals surface area contributed by atoms with Gasteiger partial charge in [-0.05, 0) is 39.5 Å². The van der Waals surface area contributed by atoms with Gasteiger partial charge in [-0.1, -0.05) is 0 Å². The Hall–Kier alpha value is -1.52. The van der Waals surface area contributed by atoms with Crippen molar-refractivity contribution in [1.29, 1.82) is 0 Å². The van der Waals surface area contributed by atoms with Crippen LogP contribution in [0.25, 0.3) is 0 Å². The van der Waals surface area contributed by atoms with Crippen molar-refractivity contribution in [3.63, 3.8) is 0 Å². The molecule has 0 aromatic heterocycles. The van der Waals surface area contributed by atoms with Crippen LogP contribution < -0.4 is 5.73 Å². The molecule has 0 aliphatic carbocycles. The van der Waals surface area contributed by atoms with Crippen LogP contribution in [0.1, 0.15) is 27.2 Å². The average Bonchev–Trinajstić information content (AvgIpc) is 2.64. The van der Waals surface area contributed by atoms with Gasteiger partial charge in [0.05, 0.1) is 6.04 Å². The van der Waals surface area contributed by atoms with Crippen LogP contribution in [0.2, 0.25) is 0 Å². The van der Waals surface area contributed by atoms with Crippen LogP contribution in [0.5, 0.6) is 0 Å². The maximum absolute atomic E-state index is 11.8. The van der Waals surface area contributed by atoms with E-state index in [2.05, 4.69) is 4.99 Å². The fourth-order valence-electron chi connectivity index (χ4n) is 1.58. The first kappa shape index (κ1) is 13.5. The monoisotopic (exact) mass is 239 g/mol. The van der Waals surface area contributed by atoms with E-state index in [1.165, 1.54) is 6.20 Å². The van der Waals surface area contributed by atoms with Crippen LogP contribution in [0.3, 0.4) is 0 Å². The van der Waals surface area contributed by atoms with E-state index in [4.69, 9.17) is 10.5 Å². The quantitative estimate of drug-likeness (QED) is 0.743. The number of rotatable bonds is 2. The predicted molar refractivity (Wildman–Crippen MR) is 68.0 cm³/mol. The van der Waals surface area contributed by atoms with Crippen molar-refractivity contribution in [2.45, 2.75) is 38.8 Å². The van der Waals surface area contributed by atoms with E-state index in [-0.39, 0.29) is 12.1 Å². The van der Waals surface area contributed by atoms with Gasteiger partial charge in [-0.3, -0.25) is 4.99 Å². The third-order valence-corrected chi connectivity index (χ3v) is 2.31. The van der Waals surface area contributed by atoms with Gasteiger partial charge in [-0.25, -0.2) is 4.79 Å². The van der Waals surface area contributed by atoms with E-state index in [1.807, 2.05) is 20.8 Å². The molecule has 0 radical (unpaired) electrons. The highest BCUT2D eigenvalue weighted by Gasteiger charge is 2.29. The number of nitrogens with two attached hydrogens (primary N) is 1. The molecule has 1 atom stereocenters. The van der Waals surface area contributed by atoms with Gasteiger partial charge in [0.2, 0.25) is 0 Å². The summed E-state index contributed by atoms with van der Waals surface area (Å²) in [6.45, 7) is 6.90. The van der Waals surface area contributed by atoms with E-state index in [1.54, 1.807) is 17.2 Å². The van der Waals surface area contributed by atoms with Crippen LogP contribution in [0.4, 0.5) is 4.79 Å². The number of allylic oxidation sites excluding steroid dienone is 1. The van der Waals surface area contributed by atoms with Crippen LogP contribution in [0, 0.1) is 0 Å². The van der Waals surface area contributed by atoms with Gasteiger partial charge in [-0.2, -0.15) is 0 Å². The molecule has 96 valence electrons. The molecule has 1 amide bonds. The van der Waals surface area contributed by atoms with E-state index in [9.17, 15) is 4.79 Å². The van der Waals surface area contributed by atoms with Gasteiger partial charge < -0.3 is 15.4 Å². The summed E-state index contributed by atoms with van der Waals surface area (Å²) in [6, 6.07) is 0.152. The molecule has 17 heavy (non-hydrogen) atoms. The second-order valence-electron chi connectivity index (χ2n) is 5.05. The number of nitrogens with zero attached hydrogens (tertiary/aromatic N) is 2. The molecule has 0 spiro atoms. The maximum Gasteiger partial charge on any atom is 0.410 e. The summed E-state index contributed by atoms with van der Waals surface area (Å²) in [5, 5.41) is 0. The molecule has 1 aliphatic heterocycles. The second kappa shape index (κ2) is 5.70. The van der Waals surface area contributed by atoms with Gasteiger partial charge in [0.1, 0.15) is 5.60 Å². The largest absolute Gasteiger partial charge is 0.444 e. The first-order valence-electron chi connectivity index (χ1n) is 5.80. The Kier molecular flexibility index (Phi) is 4.54. The van der Waals surface area contributed by atoms with Crippen LogP contribution in [0.15, 0.2) is 17.3 Å². The standard InChI is InChI=1S/C12H21N3O2/c1-12(2,3)17-11(16)15-8-5-10(9-15)14-7-4-6-13/h4,6-7,10H,5,8-9,13H2,1-3H3. The second-order valence-corrected chi connectivity index (χ2v) is 5.05. The SMILES string of the molecule is CC(C)(C)OC(=O)N1CCC(N=CC=CN)C1.